The SMILES string of the molecule is CCCNC(=O)N(Cc1ccc(Br)cc1)C1CC2CCC1C2. The lowest BCUT2D eigenvalue weighted by Gasteiger charge is -2.35. The molecule has 22 heavy (non-hydrogen) atoms. The summed E-state index contributed by atoms with van der Waals surface area (Å²) in [5.41, 5.74) is 1.21. The van der Waals surface area contributed by atoms with E-state index >= 15 is 0 Å². The van der Waals surface area contributed by atoms with Crippen molar-refractivity contribution in [2.45, 2.75) is 51.6 Å². The van der Waals surface area contributed by atoms with Crippen molar-refractivity contribution in [2.24, 2.45) is 11.8 Å². The second-order valence-corrected chi connectivity index (χ2v) is 7.64. The van der Waals surface area contributed by atoms with Crippen LogP contribution in [0.15, 0.2) is 28.7 Å². The predicted octanol–water partition coefficient (Wildman–Crippen LogP) is 4.56. The lowest BCUT2D eigenvalue weighted by molar-refractivity contribution is 0.143. The van der Waals surface area contributed by atoms with E-state index in [4.69, 9.17) is 0 Å². The fraction of sp³-hybridized carbons (Fsp3) is 0.611. The number of hydrogen-bond donors (Lipinski definition) is 1. The smallest absolute Gasteiger partial charge is 0.317 e. The van der Waals surface area contributed by atoms with Crippen molar-refractivity contribution in [2.75, 3.05) is 6.54 Å². The number of nitrogens with zero attached hydrogens (tertiary/aromatic N) is 1. The maximum absolute atomic E-state index is 12.6. The van der Waals surface area contributed by atoms with E-state index in [2.05, 4.69) is 57.3 Å². The summed E-state index contributed by atoms with van der Waals surface area (Å²) in [4.78, 5) is 14.7. The van der Waals surface area contributed by atoms with Crippen molar-refractivity contribution in [1.82, 2.24) is 10.2 Å². The Hall–Kier alpha value is -1.03. The second-order valence-electron chi connectivity index (χ2n) is 6.73. The number of carbonyl (C=O) groups excluding carboxylic acids is 1. The average Bonchev–Trinajstić information content (AvgIpc) is 3.15. The van der Waals surface area contributed by atoms with E-state index in [0.29, 0.717) is 12.0 Å². The summed E-state index contributed by atoms with van der Waals surface area (Å²) in [7, 11) is 0. The van der Waals surface area contributed by atoms with E-state index in [0.717, 1.165) is 29.9 Å². The summed E-state index contributed by atoms with van der Waals surface area (Å²) in [6.07, 6.45) is 6.16. The molecule has 0 radical (unpaired) electrons. The van der Waals surface area contributed by atoms with Gasteiger partial charge in [0.05, 0.1) is 0 Å². The van der Waals surface area contributed by atoms with Crippen molar-refractivity contribution in [3.05, 3.63) is 34.3 Å². The molecule has 2 bridgehead atoms. The second kappa shape index (κ2) is 7.03. The number of fused-ring (bicyclic) bond motifs is 2. The summed E-state index contributed by atoms with van der Waals surface area (Å²) in [6, 6.07) is 8.87. The Morgan fingerprint density at radius 2 is 2.05 bits per heavy atom. The van der Waals surface area contributed by atoms with Gasteiger partial charge in [-0.2, -0.15) is 0 Å². The van der Waals surface area contributed by atoms with Crippen LogP contribution in [0.5, 0.6) is 0 Å². The first-order valence-electron chi connectivity index (χ1n) is 8.46. The molecule has 2 amide bonds. The minimum Gasteiger partial charge on any atom is -0.338 e. The third-order valence-electron chi connectivity index (χ3n) is 5.15. The maximum atomic E-state index is 12.6. The predicted molar refractivity (Wildman–Crippen MR) is 92.6 cm³/mol. The third kappa shape index (κ3) is 3.48. The van der Waals surface area contributed by atoms with Crippen molar-refractivity contribution in [3.8, 4) is 0 Å². The highest BCUT2D eigenvalue weighted by atomic mass is 79.9. The van der Waals surface area contributed by atoms with Gasteiger partial charge in [-0.3, -0.25) is 0 Å². The van der Waals surface area contributed by atoms with Gasteiger partial charge in [-0.1, -0.05) is 41.4 Å². The van der Waals surface area contributed by atoms with E-state index in [1.807, 2.05) is 0 Å². The fourth-order valence-electron chi connectivity index (χ4n) is 4.05. The van der Waals surface area contributed by atoms with Gasteiger partial charge in [-0.15, -0.1) is 0 Å². The van der Waals surface area contributed by atoms with Gasteiger partial charge in [0.1, 0.15) is 0 Å². The quantitative estimate of drug-likeness (QED) is 0.815. The van der Waals surface area contributed by atoms with Gasteiger partial charge < -0.3 is 10.2 Å². The number of urea groups is 1. The molecule has 3 rings (SSSR count). The number of nitrogens with one attached hydrogen (secondary N) is 1. The Labute approximate surface area is 141 Å². The molecule has 2 saturated carbocycles. The molecule has 0 aliphatic heterocycles. The molecule has 3 unspecified atom stereocenters. The average molecular weight is 365 g/mol. The van der Waals surface area contributed by atoms with Crippen LogP contribution in [0.25, 0.3) is 0 Å². The molecular formula is C18H25BrN2O. The van der Waals surface area contributed by atoms with E-state index in [1.54, 1.807) is 0 Å². The molecule has 3 nitrogen and oxygen atoms in total. The first-order valence-corrected chi connectivity index (χ1v) is 9.25. The normalized spacial score (nSPS) is 26.2. The Balaban J connectivity index is 1.73. The van der Waals surface area contributed by atoms with E-state index in [9.17, 15) is 4.79 Å². The molecule has 120 valence electrons. The molecular weight excluding hydrogens is 340 g/mol. The number of amides is 2. The molecule has 0 spiro atoms. The highest BCUT2D eigenvalue weighted by molar-refractivity contribution is 9.10. The lowest BCUT2D eigenvalue weighted by atomic mass is 9.94. The molecule has 2 fully saturated rings. The maximum Gasteiger partial charge on any atom is 0.317 e. The Morgan fingerprint density at radius 1 is 1.27 bits per heavy atom. The van der Waals surface area contributed by atoms with Crippen molar-refractivity contribution >= 4 is 22.0 Å². The lowest BCUT2D eigenvalue weighted by Crippen LogP contribution is -2.47. The highest BCUT2D eigenvalue weighted by Gasteiger charge is 2.43. The molecule has 0 aromatic heterocycles. The monoisotopic (exact) mass is 364 g/mol. The van der Waals surface area contributed by atoms with Crippen LogP contribution in [0.2, 0.25) is 0 Å². The molecule has 3 atom stereocenters. The van der Waals surface area contributed by atoms with Crippen LogP contribution in [-0.2, 0) is 6.54 Å². The van der Waals surface area contributed by atoms with Crippen molar-refractivity contribution in [3.63, 3.8) is 0 Å². The molecule has 0 saturated heterocycles. The molecule has 1 N–H and O–H groups in total. The number of halogens is 1. The summed E-state index contributed by atoms with van der Waals surface area (Å²) >= 11 is 3.47. The summed E-state index contributed by atoms with van der Waals surface area (Å²) in [6.45, 7) is 3.57. The zero-order valence-electron chi connectivity index (χ0n) is 13.2. The zero-order chi connectivity index (χ0) is 15.5. The first-order chi connectivity index (χ1) is 10.7. The first kappa shape index (κ1) is 15.9. The van der Waals surface area contributed by atoms with Crippen LogP contribution in [0.4, 0.5) is 4.79 Å². The van der Waals surface area contributed by atoms with E-state index < -0.39 is 0 Å². The van der Waals surface area contributed by atoms with Gasteiger partial charge in [0.15, 0.2) is 0 Å². The number of hydrogen-bond acceptors (Lipinski definition) is 1. The summed E-state index contributed by atoms with van der Waals surface area (Å²) in [5.74, 6) is 1.56. The van der Waals surface area contributed by atoms with Gasteiger partial charge in [0, 0.05) is 23.6 Å². The Morgan fingerprint density at radius 3 is 2.64 bits per heavy atom. The minimum atomic E-state index is 0.113. The number of benzene rings is 1. The molecule has 2 aliphatic carbocycles. The molecule has 0 heterocycles. The van der Waals surface area contributed by atoms with E-state index in [-0.39, 0.29) is 6.03 Å². The van der Waals surface area contributed by atoms with Crippen molar-refractivity contribution < 1.29 is 4.79 Å². The fourth-order valence-corrected chi connectivity index (χ4v) is 4.32. The Bertz CT molecular complexity index is 516. The summed E-state index contributed by atoms with van der Waals surface area (Å²) < 4.78 is 1.08. The van der Waals surface area contributed by atoms with Gasteiger partial charge in [-0.25, -0.2) is 4.79 Å². The number of rotatable bonds is 5. The third-order valence-corrected chi connectivity index (χ3v) is 5.68. The topological polar surface area (TPSA) is 32.3 Å². The summed E-state index contributed by atoms with van der Waals surface area (Å²) in [5, 5.41) is 3.08. The molecule has 2 aliphatic rings. The highest BCUT2D eigenvalue weighted by Crippen LogP contribution is 2.46. The van der Waals surface area contributed by atoms with Crippen LogP contribution in [0.3, 0.4) is 0 Å². The van der Waals surface area contributed by atoms with Crippen LogP contribution >= 0.6 is 15.9 Å². The minimum absolute atomic E-state index is 0.113. The Kier molecular flexibility index (Phi) is 5.07. The van der Waals surface area contributed by atoms with Gasteiger partial charge in [-0.05, 0) is 55.2 Å². The molecule has 4 heteroatoms. The van der Waals surface area contributed by atoms with E-state index in [1.165, 1.54) is 31.2 Å². The molecule has 1 aromatic rings. The van der Waals surface area contributed by atoms with Crippen molar-refractivity contribution in [1.29, 1.82) is 0 Å². The molecule has 1 aromatic carbocycles. The van der Waals surface area contributed by atoms with Gasteiger partial charge >= 0.3 is 6.03 Å². The zero-order valence-corrected chi connectivity index (χ0v) is 14.8. The largest absolute Gasteiger partial charge is 0.338 e. The standard InChI is InChI=1S/C18H25BrN2O/c1-2-9-20-18(22)21(12-13-4-7-16(19)8-5-13)17-11-14-3-6-15(17)10-14/h4-5,7-8,14-15,17H,2-3,6,9-12H2,1H3,(H,20,22). The van der Waals surface area contributed by atoms with Crippen LogP contribution in [0.1, 0.15) is 44.6 Å². The van der Waals surface area contributed by atoms with Gasteiger partial charge in [0.2, 0.25) is 0 Å². The number of carbonyl (C=O) groups is 1. The van der Waals surface area contributed by atoms with Crippen LogP contribution < -0.4 is 5.32 Å². The van der Waals surface area contributed by atoms with Gasteiger partial charge in [0.25, 0.3) is 0 Å². The van der Waals surface area contributed by atoms with Crippen LogP contribution in [-0.4, -0.2) is 23.5 Å². The van der Waals surface area contributed by atoms with Crippen LogP contribution in [0, 0.1) is 11.8 Å².